The van der Waals surface area contributed by atoms with Gasteiger partial charge in [0.05, 0.1) is 12.6 Å². The van der Waals surface area contributed by atoms with E-state index >= 15 is 0 Å². The zero-order valence-corrected chi connectivity index (χ0v) is 9.70. The molecular weight excluding hydrogens is 236 g/mol. The highest BCUT2D eigenvalue weighted by Crippen LogP contribution is 2.22. The van der Waals surface area contributed by atoms with Gasteiger partial charge in [-0.3, -0.25) is 4.79 Å². The van der Waals surface area contributed by atoms with Crippen LogP contribution >= 0.6 is 0 Å². The molecule has 1 heterocycles. The Kier molecular flexibility index (Phi) is 3.09. The molecule has 1 aromatic carbocycles. The normalized spacial score (nSPS) is 10.3. The Bertz CT molecular complexity index is 579. The average molecular weight is 248 g/mol. The summed E-state index contributed by atoms with van der Waals surface area (Å²) in [6, 6.07) is 4.61. The van der Waals surface area contributed by atoms with Gasteiger partial charge >= 0.3 is 0 Å². The minimum Gasteiger partial charge on any atom is -0.485 e. The van der Waals surface area contributed by atoms with Crippen LogP contribution in [0.1, 0.15) is 16.2 Å². The zero-order chi connectivity index (χ0) is 13.1. The van der Waals surface area contributed by atoms with E-state index in [9.17, 15) is 4.79 Å². The van der Waals surface area contributed by atoms with E-state index in [1.165, 1.54) is 16.9 Å². The molecule has 0 spiro atoms. The first-order chi connectivity index (χ1) is 8.56. The Morgan fingerprint density at radius 3 is 2.89 bits per heavy atom. The van der Waals surface area contributed by atoms with Crippen LogP contribution in [0.15, 0.2) is 18.2 Å². The Morgan fingerprint density at radius 1 is 1.50 bits per heavy atom. The molecule has 94 valence electrons. The first-order valence-electron chi connectivity index (χ1n) is 5.11. The molecular formula is C10H12N6O2. The summed E-state index contributed by atoms with van der Waals surface area (Å²) in [5.41, 5.74) is 11.6. The van der Waals surface area contributed by atoms with E-state index < -0.39 is 5.91 Å². The van der Waals surface area contributed by atoms with E-state index in [0.717, 1.165) is 0 Å². The van der Waals surface area contributed by atoms with Crippen molar-refractivity contribution >= 4 is 11.6 Å². The number of tetrazole rings is 1. The van der Waals surface area contributed by atoms with E-state index in [4.69, 9.17) is 16.2 Å². The second kappa shape index (κ2) is 4.70. The fourth-order valence-corrected chi connectivity index (χ4v) is 1.39. The third-order valence-electron chi connectivity index (χ3n) is 2.18. The van der Waals surface area contributed by atoms with Crippen LogP contribution in [0.2, 0.25) is 0 Å². The SMILES string of the molecule is Cn1nnc(COc2cc(N)ccc2C(N)=O)n1. The van der Waals surface area contributed by atoms with Crippen molar-refractivity contribution in [2.75, 3.05) is 5.73 Å². The van der Waals surface area contributed by atoms with Gasteiger partial charge in [-0.05, 0) is 17.3 Å². The maximum absolute atomic E-state index is 11.2. The fourth-order valence-electron chi connectivity index (χ4n) is 1.39. The van der Waals surface area contributed by atoms with E-state index in [1.54, 1.807) is 13.1 Å². The second-order valence-corrected chi connectivity index (χ2v) is 3.60. The molecule has 0 aliphatic heterocycles. The molecule has 4 N–H and O–H groups in total. The van der Waals surface area contributed by atoms with Gasteiger partial charge in [-0.1, -0.05) is 0 Å². The third-order valence-corrected chi connectivity index (χ3v) is 2.18. The second-order valence-electron chi connectivity index (χ2n) is 3.60. The standard InChI is InChI=1S/C10H12N6O2/c1-16-14-9(13-15-16)5-18-8-4-6(11)2-3-7(8)10(12)17/h2-4H,5,11H2,1H3,(H2,12,17). The monoisotopic (exact) mass is 248 g/mol. The summed E-state index contributed by atoms with van der Waals surface area (Å²) >= 11 is 0. The highest BCUT2D eigenvalue weighted by molar-refractivity contribution is 5.96. The molecule has 0 aliphatic carbocycles. The van der Waals surface area contributed by atoms with Crippen molar-refractivity contribution in [3.05, 3.63) is 29.6 Å². The summed E-state index contributed by atoms with van der Waals surface area (Å²) in [7, 11) is 1.64. The minimum absolute atomic E-state index is 0.0809. The number of ether oxygens (including phenoxy) is 1. The van der Waals surface area contributed by atoms with E-state index in [1.807, 2.05) is 0 Å². The van der Waals surface area contributed by atoms with Crippen molar-refractivity contribution in [1.29, 1.82) is 0 Å². The lowest BCUT2D eigenvalue weighted by Gasteiger charge is -2.08. The Hall–Kier alpha value is -2.64. The van der Waals surface area contributed by atoms with Crippen molar-refractivity contribution in [1.82, 2.24) is 20.2 Å². The van der Waals surface area contributed by atoms with Crippen LogP contribution in [0.5, 0.6) is 5.75 Å². The van der Waals surface area contributed by atoms with Crippen molar-refractivity contribution in [2.24, 2.45) is 12.8 Å². The van der Waals surface area contributed by atoms with Gasteiger partial charge in [0.25, 0.3) is 5.91 Å². The quantitative estimate of drug-likeness (QED) is 0.701. The van der Waals surface area contributed by atoms with Crippen molar-refractivity contribution in [2.45, 2.75) is 6.61 Å². The number of nitrogen functional groups attached to an aromatic ring is 1. The number of anilines is 1. The Balaban J connectivity index is 2.17. The molecule has 0 atom stereocenters. The van der Waals surface area contributed by atoms with Crippen LogP contribution in [0.4, 0.5) is 5.69 Å². The summed E-state index contributed by atoms with van der Waals surface area (Å²) in [5.74, 6) is 0.113. The van der Waals surface area contributed by atoms with Crippen LogP contribution in [-0.2, 0) is 13.7 Å². The van der Waals surface area contributed by atoms with Crippen LogP contribution in [0.3, 0.4) is 0 Å². The molecule has 0 radical (unpaired) electrons. The number of aromatic nitrogens is 4. The number of nitrogens with zero attached hydrogens (tertiary/aromatic N) is 4. The van der Waals surface area contributed by atoms with Gasteiger partial charge in [-0.2, -0.15) is 4.80 Å². The summed E-state index contributed by atoms with van der Waals surface area (Å²) in [5, 5.41) is 11.4. The van der Waals surface area contributed by atoms with Crippen molar-refractivity contribution in [3.8, 4) is 5.75 Å². The highest BCUT2D eigenvalue weighted by atomic mass is 16.5. The lowest BCUT2D eigenvalue weighted by molar-refractivity contribution is 0.0996. The molecule has 2 rings (SSSR count). The maximum Gasteiger partial charge on any atom is 0.252 e. The summed E-state index contributed by atoms with van der Waals surface area (Å²) in [6.45, 7) is 0.0809. The average Bonchev–Trinajstić information content (AvgIpc) is 2.72. The number of carbonyl (C=O) groups excluding carboxylic acids is 1. The number of hydrogen-bond donors (Lipinski definition) is 2. The molecule has 2 aromatic rings. The number of aryl methyl sites for hydroxylation is 1. The van der Waals surface area contributed by atoms with Crippen LogP contribution in [0.25, 0.3) is 0 Å². The van der Waals surface area contributed by atoms with Crippen LogP contribution < -0.4 is 16.2 Å². The summed E-state index contributed by atoms with van der Waals surface area (Å²) in [6.07, 6.45) is 0. The largest absolute Gasteiger partial charge is 0.485 e. The van der Waals surface area contributed by atoms with Gasteiger partial charge < -0.3 is 16.2 Å². The van der Waals surface area contributed by atoms with Gasteiger partial charge in [-0.25, -0.2) is 0 Å². The first-order valence-corrected chi connectivity index (χ1v) is 5.11. The van der Waals surface area contributed by atoms with E-state index in [2.05, 4.69) is 15.4 Å². The third kappa shape index (κ3) is 2.54. The fraction of sp³-hybridized carbons (Fsp3) is 0.200. The smallest absolute Gasteiger partial charge is 0.252 e. The number of benzene rings is 1. The van der Waals surface area contributed by atoms with Crippen molar-refractivity contribution < 1.29 is 9.53 Å². The molecule has 1 amide bonds. The van der Waals surface area contributed by atoms with Gasteiger partial charge in [0.1, 0.15) is 5.75 Å². The van der Waals surface area contributed by atoms with Gasteiger partial charge in [-0.15, -0.1) is 10.2 Å². The number of hydrogen-bond acceptors (Lipinski definition) is 6. The predicted molar refractivity (Wildman–Crippen MR) is 62.5 cm³/mol. The Morgan fingerprint density at radius 2 is 2.28 bits per heavy atom. The topological polar surface area (TPSA) is 122 Å². The number of carbonyl (C=O) groups is 1. The molecule has 1 aromatic heterocycles. The van der Waals surface area contributed by atoms with Gasteiger partial charge in [0.2, 0.25) is 5.82 Å². The molecule has 0 fully saturated rings. The summed E-state index contributed by atoms with van der Waals surface area (Å²) in [4.78, 5) is 12.5. The number of amides is 1. The molecule has 0 unspecified atom stereocenters. The zero-order valence-electron chi connectivity index (χ0n) is 9.70. The molecule has 0 saturated heterocycles. The lowest BCUT2D eigenvalue weighted by atomic mass is 10.2. The highest BCUT2D eigenvalue weighted by Gasteiger charge is 2.11. The van der Waals surface area contributed by atoms with Crippen molar-refractivity contribution in [3.63, 3.8) is 0 Å². The molecule has 8 nitrogen and oxygen atoms in total. The van der Waals surface area contributed by atoms with E-state index in [0.29, 0.717) is 17.3 Å². The minimum atomic E-state index is -0.586. The lowest BCUT2D eigenvalue weighted by Crippen LogP contribution is -2.13. The predicted octanol–water partition coefficient (Wildman–Crippen LogP) is -0.530. The Labute approximate surface area is 103 Å². The summed E-state index contributed by atoms with van der Waals surface area (Å²) < 4.78 is 5.42. The number of primary amides is 1. The molecule has 0 aliphatic rings. The van der Waals surface area contributed by atoms with E-state index in [-0.39, 0.29) is 12.2 Å². The van der Waals surface area contributed by atoms with Gasteiger partial charge in [0, 0.05) is 11.8 Å². The van der Waals surface area contributed by atoms with Crippen LogP contribution in [0, 0.1) is 0 Å². The molecule has 8 heteroatoms. The molecule has 0 saturated carbocycles. The molecule has 0 bridgehead atoms. The first kappa shape index (κ1) is 11.8. The van der Waals surface area contributed by atoms with Crippen LogP contribution in [-0.4, -0.2) is 26.1 Å². The number of nitrogens with two attached hydrogens (primary N) is 2. The maximum atomic E-state index is 11.2. The molecule has 18 heavy (non-hydrogen) atoms. The number of rotatable bonds is 4. The van der Waals surface area contributed by atoms with Gasteiger partial charge in [0.15, 0.2) is 6.61 Å².